The summed E-state index contributed by atoms with van der Waals surface area (Å²) in [6.45, 7) is 1.94. The molecule has 0 fully saturated rings. The van der Waals surface area contributed by atoms with Crippen LogP contribution in [0.1, 0.15) is 15.9 Å². The van der Waals surface area contributed by atoms with Crippen molar-refractivity contribution < 1.29 is 9.53 Å². The molecule has 2 rings (SSSR count). The van der Waals surface area contributed by atoms with E-state index in [9.17, 15) is 4.79 Å². The molecule has 5 heteroatoms. The molecule has 0 saturated carbocycles. The van der Waals surface area contributed by atoms with Gasteiger partial charge in [-0.15, -0.1) is 0 Å². The standard InChI is InChI=1S/C13H13ClN2O2/c1-7-4-8-11(15-2)9(13(17)18-3)6-16-12(8)10(14)5-7/h4-6H,1-3H3,(H,15,16). The van der Waals surface area contributed by atoms with Crippen LogP contribution in [0.25, 0.3) is 10.9 Å². The maximum Gasteiger partial charge on any atom is 0.341 e. The third-order valence-corrected chi connectivity index (χ3v) is 3.01. The van der Waals surface area contributed by atoms with Gasteiger partial charge in [-0.25, -0.2) is 4.79 Å². The first-order valence-electron chi connectivity index (χ1n) is 5.43. The number of fused-ring (bicyclic) bond motifs is 1. The van der Waals surface area contributed by atoms with E-state index < -0.39 is 5.97 Å². The SMILES string of the molecule is CNc1c(C(=O)OC)cnc2c(Cl)cc(C)cc12. The average molecular weight is 265 g/mol. The Kier molecular flexibility index (Phi) is 3.39. The van der Waals surface area contributed by atoms with Gasteiger partial charge >= 0.3 is 5.97 Å². The van der Waals surface area contributed by atoms with Crippen LogP contribution in [0.4, 0.5) is 5.69 Å². The minimum absolute atomic E-state index is 0.397. The summed E-state index contributed by atoms with van der Waals surface area (Å²) in [5, 5.41) is 4.39. The van der Waals surface area contributed by atoms with E-state index in [1.54, 1.807) is 7.05 Å². The van der Waals surface area contributed by atoms with Gasteiger partial charge in [0.2, 0.25) is 0 Å². The first-order valence-corrected chi connectivity index (χ1v) is 5.81. The smallest absolute Gasteiger partial charge is 0.341 e. The quantitative estimate of drug-likeness (QED) is 0.847. The van der Waals surface area contributed by atoms with Crippen molar-refractivity contribution in [2.24, 2.45) is 0 Å². The van der Waals surface area contributed by atoms with Crippen LogP contribution in [0.5, 0.6) is 0 Å². The number of nitrogens with one attached hydrogen (secondary N) is 1. The van der Waals surface area contributed by atoms with Crippen LogP contribution in [0.2, 0.25) is 5.02 Å². The molecule has 94 valence electrons. The topological polar surface area (TPSA) is 51.2 Å². The summed E-state index contributed by atoms with van der Waals surface area (Å²) in [6.07, 6.45) is 1.47. The summed E-state index contributed by atoms with van der Waals surface area (Å²) >= 11 is 6.15. The van der Waals surface area contributed by atoms with Gasteiger partial charge in [0.1, 0.15) is 5.56 Å². The van der Waals surface area contributed by atoms with Crippen LogP contribution in [-0.2, 0) is 4.74 Å². The van der Waals surface area contributed by atoms with Crippen LogP contribution in [0.3, 0.4) is 0 Å². The third-order valence-electron chi connectivity index (χ3n) is 2.72. The normalized spacial score (nSPS) is 10.4. The number of hydrogen-bond donors (Lipinski definition) is 1. The zero-order valence-corrected chi connectivity index (χ0v) is 11.1. The first-order chi connectivity index (χ1) is 8.58. The van der Waals surface area contributed by atoms with Crippen molar-refractivity contribution in [3.63, 3.8) is 0 Å². The highest BCUT2D eigenvalue weighted by atomic mass is 35.5. The number of anilines is 1. The highest BCUT2D eigenvalue weighted by Gasteiger charge is 2.16. The molecule has 0 spiro atoms. The van der Waals surface area contributed by atoms with E-state index in [4.69, 9.17) is 16.3 Å². The van der Waals surface area contributed by atoms with Crippen LogP contribution < -0.4 is 5.32 Å². The van der Waals surface area contributed by atoms with Gasteiger partial charge < -0.3 is 10.1 Å². The van der Waals surface area contributed by atoms with Gasteiger partial charge in [-0.05, 0) is 24.6 Å². The lowest BCUT2D eigenvalue weighted by atomic mass is 10.1. The van der Waals surface area contributed by atoms with Crippen molar-refractivity contribution >= 4 is 34.2 Å². The molecular formula is C13H13ClN2O2. The summed E-state index contributed by atoms with van der Waals surface area (Å²) in [6, 6.07) is 3.78. The number of carbonyl (C=O) groups excluding carboxylic acids is 1. The lowest BCUT2D eigenvalue weighted by Gasteiger charge is -2.12. The third kappa shape index (κ3) is 1.99. The van der Waals surface area contributed by atoms with Gasteiger partial charge in [0.25, 0.3) is 0 Å². The van der Waals surface area contributed by atoms with E-state index >= 15 is 0 Å². The van der Waals surface area contributed by atoms with Crippen molar-refractivity contribution in [3.05, 3.63) is 34.5 Å². The van der Waals surface area contributed by atoms with Gasteiger partial charge in [-0.2, -0.15) is 0 Å². The van der Waals surface area contributed by atoms with Crippen molar-refractivity contribution in [2.75, 3.05) is 19.5 Å². The molecule has 0 aliphatic carbocycles. The van der Waals surface area contributed by atoms with E-state index in [0.29, 0.717) is 21.8 Å². The molecule has 0 atom stereocenters. The minimum atomic E-state index is -0.425. The number of methoxy groups -OCH3 is 1. The number of pyridine rings is 1. The van der Waals surface area contributed by atoms with Crippen LogP contribution in [-0.4, -0.2) is 25.1 Å². The average Bonchev–Trinajstić information content (AvgIpc) is 2.36. The number of benzene rings is 1. The molecular weight excluding hydrogens is 252 g/mol. The fourth-order valence-electron chi connectivity index (χ4n) is 1.93. The Bertz CT molecular complexity index is 626. The second kappa shape index (κ2) is 4.82. The predicted molar refractivity (Wildman–Crippen MR) is 72.4 cm³/mol. The largest absolute Gasteiger partial charge is 0.465 e. The summed E-state index contributed by atoms with van der Waals surface area (Å²) in [7, 11) is 3.09. The number of aromatic nitrogens is 1. The van der Waals surface area contributed by atoms with Crippen molar-refractivity contribution in [2.45, 2.75) is 6.92 Å². The number of esters is 1. The maximum absolute atomic E-state index is 11.7. The molecule has 1 heterocycles. The van der Waals surface area contributed by atoms with Crippen molar-refractivity contribution in [3.8, 4) is 0 Å². The monoisotopic (exact) mass is 264 g/mol. The van der Waals surface area contributed by atoms with Gasteiger partial charge in [0, 0.05) is 18.6 Å². The Labute approximate surface area is 110 Å². The Balaban J connectivity index is 2.82. The number of rotatable bonds is 2. The van der Waals surface area contributed by atoms with Gasteiger partial charge in [0.15, 0.2) is 0 Å². The molecule has 1 aromatic heterocycles. The van der Waals surface area contributed by atoms with Gasteiger partial charge in [-0.3, -0.25) is 4.98 Å². The molecule has 18 heavy (non-hydrogen) atoms. The number of halogens is 1. The van der Waals surface area contributed by atoms with Crippen molar-refractivity contribution in [1.82, 2.24) is 4.98 Å². The molecule has 2 aromatic rings. The molecule has 4 nitrogen and oxygen atoms in total. The van der Waals surface area contributed by atoms with Crippen LogP contribution in [0, 0.1) is 6.92 Å². The highest BCUT2D eigenvalue weighted by molar-refractivity contribution is 6.35. The number of ether oxygens (including phenoxy) is 1. The summed E-state index contributed by atoms with van der Waals surface area (Å²) < 4.78 is 4.74. The Morgan fingerprint density at radius 3 is 2.78 bits per heavy atom. The predicted octanol–water partition coefficient (Wildman–Crippen LogP) is 3.02. The molecule has 0 bridgehead atoms. The van der Waals surface area contributed by atoms with E-state index in [1.807, 2.05) is 19.1 Å². The maximum atomic E-state index is 11.7. The van der Waals surface area contributed by atoms with Gasteiger partial charge in [-0.1, -0.05) is 11.6 Å². The van der Waals surface area contributed by atoms with E-state index in [-0.39, 0.29) is 0 Å². The first kappa shape index (κ1) is 12.6. The molecule has 0 aliphatic rings. The lowest BCUT2D eigenvalue weighted by molar-refractivity contribution is 0.0601. The highest BCUT2D eigenvalue weighted by Crippen LogP contribution is 2.31. The number of aryl methyl sites for hydroxylation is 1. The lowest BCUT2D eigenvalue weighted by Crippen LogP contribution is -2.07. The van der Waals surface area contributed by atoms with E-state index in [1.165, 1.54) is 13.3 Å². The molecule has 0 aliphatic heterocycles. The van der Waals surface area contributed by atoms with E-state index in [2.05, 4.69) is 10.3 Å². The Morgan fingerprint density at radius 2 is 2.17 bits per heavy atom. The Hall–Kier alpha value is -1.81. The van der Waals surface area contributed by atoms with Crippen molar-refractivity contribution in [1.29, 1.82) is 0 Å². The zero-order chi connectivity index (χ0) is 13.3. The van der Waals surface area contributed by atoms with E-state index in [0.717, 1.165) is 10.9 Å². The molecule has 0 unspecified atom stereocenters. The summed E-state index contributed by atoms with van der Waals surface area (Å²) in [5.74, 6) is -0.425. The molecule has 1 aromatic carbocycles. The number of hydrogen-bond acceptors (Lipinski definition) is 4. The molecule has 0 radical (unpaired) electrons. The summed E-state index contributed by atoms with van der Waals surface area (Å²) in [4.78, 5) is 15.9. The van der Waals surface area contributed by atoms with Crippen LogP contribution >= 0.6 is 11.6 Å². The fraction of sp³-hybridized carbons (Fsp3) is 0.231. The molecule has 1 N–H and O–H groups in total. The number of nitrogens with zero attached hydrogens (tertiary/aromatic N) is 1. The second-order valence-corrected chi connectivity index (χ2v) is 4.34. The fourth-order valence-corrected chi connectivity index (χ4v) is 2.25. The summed E-state index contributed by atoms with van der Waals surface area (Å²) in [5.41, 5.74) is 2.75. The molecule has 0 amide bonds. The minimum Gasteiger partial charge on any atom is -0.465 e. The van der Waals surface area contributed by atoms with Gasteiger partial charge in [0.05, 0.1) is 23.3 Å². The number of carbonyl (C=O) groups is 1. The molecule has 0 saturated heterocycles. The second-order valence-electron chi connectivity index (χ2n) is 3.93. The van der Waals surface area contributed by atoms with Crippen LogP contribution in [0.15, 0.2) is 18.3 Å². The Morgan fingerprint density at radius 1 is 1.44 bits per heavy atom. The zero-order valence-electron chi connectivity index (χ0n) is 10.4.